The summed E-state index contributed by atoms with van der Waals surface area (Å²) in [7, 11) is 0. The maximum absolute atomic E-state index is 5.62. The van der Waals surface area contributed by atoms with Gasteiger partial charge in [0.25, 0.3) is 0 Å². The van der Waals surface area contributed by atoms with Crippen molar-refractivity contribution in [1.29, 1.82) is 0 Å². The standard InChI is InChI=1S/C21H21N5O/c1-2-27-18-8-5-6-16(14-18)19-15-26-13-12-24-21(26)20(25-19)23-11-9-17-7-3-4-10-22-17/h3-8,10,12-15H,2,9,11H2,1H3,(H,23,25). The molecule has 0 amide bonds. The largest absolute Gasteiger partial charge is 0.494 e. The summed E-state index contributed by atoms with van der Waals surface area (Å²) >= 11 is 0. The molecule has 1 aromatic carbocycles. The Bertz CT molecular complexity index is 1030. The van der Waals surface area contributed by atoms with Gasteiger partial charge in [0.1, 0.15) is 5.75 Å². The van der Waals surface area contributed by atoms with Crippen molar-refractivity contribution in [3.63, 3.8) is 0 Å². The molecule has 0 atom stereocenters. The van der Waals surface area contributed by atoms with E-state index in [-0.39, 0.29) is 0 Å². The Balaban J connectivity index is 1.60. The van der Waals surface area contributed by atoms with E-state index in [9.17, 15) is 0 Å². The maximum Gasteiger partial charge on any atom is 0.180 e. The van der Waals surface area contributed by atoms with Gasteiger partial charge in [-0.25, -0.2) is 9.97 Å². The van der Waals surface area contributed by atoms with Gasteiger partial charge in [0.15, 0.2) is 11.5 Å². The van der Waals surface area contributed by atoms with Gasteiger partial charge in [0, 0.05) is 49.0 Å². The monoisotopic (exact) mass is 359 g/mol. The molecule has 0 spiro atoms. The number of pyridine rings is 1. The third-order valence-electron chi connectivity index (χ3n) is 4.21. The van der Waals surface area contributed by atoms with Gasteiger partial charge in [-0.05, 0) is 31.2 Å². The first-order chi connectivity index (χ1) is 13.3. The molecule has 0 unspecified atom stereocenters. The van der Waals surface area contributed by atoms with Gasteiger partial charge < -0.3 is 14.5 Å². The smallest absolute Gasteiger partial charge is 0.180 e. The Hall–Kier alpha value is -3.41. The van der Waals surface area contributed by atoms with Crippen LogP contribution in [-0.4, -0.2) is 32.5 Å². The summed E-state index contributed by atoms with van der Waals surface area (Å²) in [5.41, 5.74) is 3.72. The van der Waals surface area contributed by atoms with Crippen molar-refractivity contribution in [1.82, 2.24) is 19.4 Å². The number of ether oxygens (including phenoxy) is 1. The number of benzene rings is 1. The highest BCUT2D eigenvalue weighted by atomic mass is 16.5. The highest BCUT2D eigenvalue weighted by Gasteiger charge is 2.10. The minimum absolute atomic E-state index is 0.637. The van der Waals surface area contributed by atoms with E-state index in [1.54, 1.807) is 6.20 Å². The van der Waals surface area contributed by atoms with Gasteiger partial charge in [-0.3, -0.25) is 4.98 Å². The quantitative estimate of drug-likeness (QED) is 0.543. The summed E-state index contributed by atoms with van der Waals surface area (Å²) < 4.78 is 7.60. The molecule has 4 rings (SSSR count). The summed E-state index contributed by atoms with van der Waals surface area (Å²) in [6, 6.07) is 13.9. The summed E-state index contributed by atoms with van der Waals surface area (Å²) in [5, 5.41) is 3.41. The van der Waals surface area contributed by atoms with Gasteiger partial charge >= 0.3 is 0 Å². The second-order valence-electron chi connectivity index (χ2n) is 6.09. The molecule has 1 N–H and O–H groups in total. The Morgan fingerprint density at radius 3 is 2.89 bits per heavy atom. The predicted molar refractivity (Wildman–Crippen MR) is 106 cm³/mol. The van der Waals surface area contributed by atoms with Gasteiger partial charge in [-0.2, -0.15) is 0 Å². The molecule has 3 aromatic heterocycles. The van der Waals surface area contributed by atoms with E-state index in [0.717, 1.165) is 47.1 Å². The third kappa shape index (κ3) is 3.89. The molecule has 0 fully saturated rings. The molecule has 0 radical (unpaired) electrons. The lowest BCUT2D eigenvalue weighted by atomic mass is 10.1. The highest BCUT2D eigenvalue weighted by Crippen LogP contribution is 2.25. The van der Waals surface area contributed by atoms with Gasteiger partial charge in [-0.1, -0.05) is 18.2 Å². The minimum Gasteiger partial charge on any atom is -0.494 e. The summed E-state index contributed by atoms with van der Waals surface area (Å²) in [6.45, 7) is 3.35. The first kappa shape index (κ1) is 17.0. The number of anilines is 1. The number of hydrogen-bond donors (Lipinski definition) is 1. The van der Waals surface area contributed by atoms with Crippen LogP contribution in [0.25, 0.3) is 16.9 Å². The molecule has 6 nitrogen and oxygen atoms in total. The number of nitrogens with zero attached hydrogens (tertiary/aromatic N) is 4. The zero-order valence-corrected chi connectivity index (χ0v) is 15.2. The van der Waals surface area contributed by atoms with Crippen molar-refractivity contribution in [3.8, 4) is 17.0 Å². The summed E-state index contributed by atoms with van der Waals surface area (Å²) in [5.74, 6) is 1.60. The van der Waals surface area contributed by atoms with Crippen LogP contribution in [0.3, 0.4) is 0 Å². The fourth-order valence-corrected chi connectivity index (χ4v) is 2.96. The highest BCUT2D eigenvalue weighted by molar-refractivity contribution is 5.69. The number of nitrogens with one attached hydrogen (secondary N) is 1. The molecule has 0 bridgehead atoms. The average Bonchev–Trinajstić information content (AvgIpc) is 3.18. The van der Waals surface area contributed by atoms with Crippen molar-refractivity contribution < 1.29 is 4.74 Å². The van der Waals surface area contributed by atoms with E-state index in [4.69, 9.17) is 9.72 Å². The first-order valence-corrected chi connectivity index (χ1v) is 9.04. The van der Waals surface area contributed by atoms with Crippen molar-refractivity contribution in [2.75, 3.05) is 18.5 Å². The Morgan fingerprint density at radius 1 is 1.07 bits per heavy atom. The molecule has 0 saturated heterocycles. The van der Waals surface area contributed by atoms with Gasteiger partial charge in [-0.15, -0.1) is 0 Å². The van der Waals surface area contributed by atoms with Crippen molar-refractivity contribution in [2.45, 2.75) is 13.3 Å². The van der Waals surface area contributed by atoms with Crippen LogP contribution in [0.4, 0.5) is 5.82 Å². The van der Waals surface area contributed by atoms with Crippen LogP contribution in [0.15, 0.2) is 67.3 Å². The van der Waals surface area contributed by atoms with Crippen LogP contribution in [0.2, 0.25) is 0 Å². The molecule has 3 heterocycles. The SMILES string of the molecule is CCOc1cccc(-c2cn3ccnc3c(NCCc3ccccn3)n2)c1. The number of fused-ring (bicyclic) bond motifs is 1. The zero-order valence-electron chi connectivity index (χ0n) is 15.2. The van der Waals surface area contributed by atoms with E-state index < -0.39 is 0 Å². The second-order valence-corrected chi connectivity index (χ2v) is 6.09. The number of imidazole rings is 1. The van der Waals surface area contributed by atoms with Gasteiger partial charge in [0.2, 0.25) is 0 Å². The number of hydrogen-bond acceptors (Lipinski definition) is 5. The van der Waals surface area contributed by atoms with Gasteiger partial charge in [0.05, 0.1) is 12.3 Å². The normalized spacial score (nSPS) is 10.9. The van der Waals surface area contributed by atoms with Crippen LogP contribution >= 0.6 is 0 Å². The Kier molecular flexibility index (Phi) is 4.96. The summed E-state index contributed by atoms with van der Waals surface area (Å²) in [4.78, 5) is 13.6. The fourth-order valence-electron chi connectivity index (χ4n) is 2.96. The minimum atomic E-state index is 0.637. The lowest BCUT2D eigenvalue weighted by Gasteiger charge is -2.11. The average molecular weight is 359 g/mol. The molecule has 136 valence electrons. The lowest BCUT2D eigenvalue weighted by molar-refractivity contribution is 0.340. The van der Waals surface area contributed by atoms with Crippen LogP contribution in [0, 0.1) is 0 Å². The van der Waals surface area contributed by atoms with E-state index in [2.05, 4.69) is 15.3 Å². The molecule has 4 aromatic rings. The number of aromatic nitrogens is 4. The van der Waals surface area contributed by atoms with Crippen molar-refractivity contribution >= 4 is 11.5 Å². The Labute approximate surface area is 157 Å². The van der Waals surface area contributed by atoms with Crippen molar-refractivity contribution in [3.05, 3.63) is 72.9 Å². The van der Waals surface area contributed by atoms with Crippen molar-refractivity contribution in [2.24, 2.45) is 0 Å². The fraction of sp³-hybridized carbons (Fsp3) is 0.190. The third-order valence-corrected chi connectivity index (χ3v) is 4.21. The summed E-state index contributed by atoms with van der Waals surface area (Å²) in [6.07, 6.45) is 8.32. The van der Waals surface area contributed by atoms with E-state index in [0.29, 0.717) is 6.61 Å². The molecule has 0 aliphatic heterocycles. The molecule has 0 aliphatic carbocycles. The van der Waals surface area contributed by atoms with E-state index in [1.807, 2.05) is 72.4 Å². The van der Waals surface area contributed by atoms with Crippen LogP contribution in [0.5, 0.6) is 5.75 Å². The lowest BCUT2D eigenvalue weighted by Crippen LogP contribution is -2.09. The maximum atomic E-state index is 5.62. The topological polar surface area (TPSA) is 64.3 Å². The molecular formula is C21H21N5O. The first-order valence-electron chi connectivity index (χ1n) is 9.04. The predicted octanol–water partition coefficient (Wildman–Crippen LogP) is 3.84. The molecule has 6 heteroatoms. The second kappa shape index (κ2) is 7.86. The molecular weight excluding hydrogens is 338 g/mol. The van der Waals surface area contributed by atoms with E-state index >= 15 is 0 Å². The molecule has 0 aliphatic rings. The number of rotatable bonds is 7. The molecule has 0 saturated carbocycles. The molecule has 27 heavy (non-hydrogen) atoms. The Morgan fingerprint density at radius 2 is 2.04 bits per heavy atom. The van der Waals surface area contributed by atoms with E-state index in [1.165, 1.54) is 0 Å². The zero-order chi connectivity index (χ0) is 18.5. The van der Waals surface area contributed by atoms with Crippen LogP contribution in [0.1, 0.15) is 12.6 Å². The van der Waals surface area contributed by atoms with Crippen LogP contribution in [-0.2, 0) is 6.42 Å². The van der Waals surface area contributed by atoms with Crippen LogP contribution < -0.4 is 10.1 Å².